The molecule has 0 unspecified atom stereocenters. The van der Waals surface area contributed by atoms with Gasteiger partial charge in [-0.15, -0.1) is 0 Å². The van der Waals surface area contributed by atoms with E-state index in [2.05, 4.69) is 40.1 Å². The number of nitrogens with one attached hydrogen (secondary N) is 1. The van der Waals surface area contributed by atoms with Crippen molar-refractivity contribution in [3.05, 3.63) is 52.6 Å². The summed E-state index contributed by atoms with van der Waals surface area (Å²) in [5.41, 5.74) is 1.16. The van der Waals surface area contributed by atoms with E-state index in [0.29, 0.717) is 11.8 Å². The van der Waals surface area contributed by atoms with Gasteiger partial charge in [-0.2, -0.15) is 0 Å². The zero-order valence-electron chi connectivity index (χ0n) is 11.8. The second-order valence-electron chi connectivity index (χ2n) is 5.09. The molecule has 1 aromatic carbocycles. The van der Waals surface area contributed by atoms with Gasteiger partial charge in [0.1, 0.15) is 5.75 Å². The van der Waals surface area contributed by atoms with E-state index in [0.717, 1.165) is 28.9 Å². The Labute approximate surface area is 128 Å². The van der Waals surface area contributed by atoms with Gasteiger partial charge in [0, 0.05) is 23.3 Å². The molecule has 106 valence electrons. The molecule has 0 bridgehead atoms. The van der Waals surface area contributed by atoms with Crippen molar-refractivity contribution in [3.63, 3.8) is 0 Å². The second-order valence-corrected chi connectivity index (χ2v) is 6.00. The van der Waals surface area contributed by atoms with Crippen molar-refractivity contribution in [1.82, 2.24) is 10.3 Å². The van der Waals surface area contributed by atoms with Crippen LogP contribution in [0.25, 0.3) is 0 Å². The number of rotatable bonds is 6. The molecule has 1 aromatic heterocycles. The Morgan fingerprint density at radius 3 is 2.75 bits per heavy atom. The lowest BCUT2D eigenvalue weighted by Gasteiger charge is -2.08. The monoisotopic (exact) mass is 334 g/mol. The van der Waals surface area contributed by atoms with Gasteiger partial charge in [-0.25, -0.2) is 4.98 Å². The summed E-state index contributed by atoms with van der Waals surface area (Å²) in [4.78, 5) is 4.32. The van der Waals surface area contributed by atoms with Crippen LogP contribution in [0.3, 0.4) is 0 Å². The maximum atomic E-state index is 5.70. The molecule has 0 amide bonds. The van der Waals surface area contributed by atoms with Crippen LogP contribution in [-0.2, 0) is 6.54 Å². The zero-order chi connectivity index (χ0) is 14.4. The Hall–Kier alpha value is -1.39. The van der Waals surface area contributed by atoms with Crippen molar-refractivity contribution in [3.8, 4) is 11.6 Å². The SMILES string of the molecule is CC(C)CNCc1ccc(Oc2cccc(Br)c2)nc1. The minimum absolute atomic E-state index is 0.607. The molecule has 0 atom stereocenters. The van der Waals surface area contributed by atoms with E-state index in [1.54, 1.807) is 0 Å². The van der Waals surface area contributed by atoms with Crippen LogP contribution in [0.1, 0.15) is 19.4 Å². The van der Waals surface area contributed by atoms with Crippen LogP contribution < -0.4 is 10.1 Å². The fourth-order valence-electron chi connectivity index (χ4n) is 1.73. The van der Waals surface area contributed by atoms with Gasteiger partial charge in [0.25, 0.3) is 0 Å². The topological polar surface area (TPSA) is 34.1 Å². The molecule has 0 aliphatic rings. The molecule has 0 aliphatic carbocycles. The van der Waals surface area contributed by atoms with Crippen LogP contribution >= 0.6 is 15.9 Å². The van der Waals surface area contributed by atoms with Gasteiger partial charge in [-0.1, -0.05) is 41.9 Å². The molecular weight excluding hydrogens is 316 g/mol. The van der Waals surface area contributed by atoms with Crippen molar-refractivity contribution in [1.29, 1.82) is 0 Å². The van der Waals surface area contributed by atoms with E-state index in [-0.39, 0.29) is 0 Å². The molecule has 20 heavy (non-hydrogen) atoms. The maximum Gasteiger partial charge on any atom is 0.219 e. The van der Waals surface area contributed by atoms with Crippen LogP contribution in [0.4, 0.5) is 0 Å². The van der Waals surface area contributed by atoms with E-state index in [1.807, 2.05) is 42.6 Å². The molecule has 0 fully saturated rings. The van der Waals surface area contributed by atoms with Crippen molar-refractivity contribution in [2.75, 3.05) is 6.54 Å². The number of hydrogen-bond acceptors (Lipinski definition) is 3. The zero-order valence-corrected chi connectivity index (χ0v) is 13.4. The molecule has 4 heteroatoms. The van der Waals surface area contributed by atoms with Crippen LogP contribution in [0, 0.1) is 5.92 Å². The van der Waals surface area contributed by atoms with Gasteiger partial charge in [0.15, 0.2) is 0 Å². The van der Waals surface area contributed by atoms with Gasteiger partial charge in [0.05, 0.1) is 0 Å². The van der Waals surface area contributed by atoms with Gasteiger partial charge in [-0.05, 0) is 36.2 Å². The first-order chi connectivity index (χ1) is 9.63. The average Bonchev–Trinajstić information content (AvgIpc) is 2.40. The highest BCUT2D eigenvalue weighted by Gasteiger charge is 2.00. The van der Waals surface area contributed by atoms with Crippen LogP contribution in [-0.4, -0.2) is 11.5 Å². The van der Waals surface area contributed by atoms with E-state index in [9.17, 15) is 0 Å². The Morgan fingerprint density at radius 1 is 1.25 bits per heavy atom. The number of aromatic nitrogens is 1. The summed E-state index contributed by atoms with van der Waals surface area (Å²) in [6.45, 7) is 6.24. The fraction of sp³-hybridized carbons (Fsp3) is 0.312. The highest BCUT2D eigenvalue weighted by molar-refractivity contribution is 9.10. The van der Waals surface area contributed by atoms with Crippen LogP contribution in [0.15, 0.2) is 47.1 Å². The largest absolute Gasteiger partial charge is 0.439 e. The summed E-state index contributed by atoms with van der Waals surface area (Å²) in [7, 11) is 0. The molecule has 0 radical (unpaired) electrons. The molecule has 0 aliphatic heterocycles. The Morgan fingerprint density at radius 2 is 2.10 bits per heavy atom. The quantitative estimate of drug-likeness (QED) is 0.851. The predicted molar refractivity (Wildman–Crippen MR) is 85.0 cm³/mol. The summed E-state index contributed by atoms with van der Waals surface area (Å²) in [5, 5.41) is 3.39. The second kappa shape index (κ2) is 7.41. The molecule has 2 rings (SSSR count). The van der Waals surface area contributed by atoms with Crippen LogP contribution in [0.2, 0.25) is 0 Å². The number of benzene rings is 1. The number of nitrogens with zero attached hydrogens (tertiary/aromatic N) is 1. The Balaban J connectivity index is 1.91. The van der Waals surface area contributed by atoms with Gasteiger partial charge >= 0.3 is 0 Å². The van der Waals surface area contributed by atoms with Crippen molar-refractivity contribution >= 4 is 15.9 Å². The third kappa shape index (κ3) is 4.94. The third-order valence-electron chi connectivity index (χ3n) is 2.70. The number of hydrogen-bond donors (Lipinski definition) is 1. The van der Waals surface area contributed by atoms with Gasteiger partial charge < -0.3 is 10.1 Å². The molecule has 1 heterocycles. The van der Waals surface area contributed by atoms with E-state index < -0.39 is 0 Å². The lowest BCUT2D eigenvalue weighted by atomic mass is 10.2. The molecule has 0 spiro atoms. The fourth-order valence-corrected chi connectivity index (χ4v) is 2.11. The third-order valence-corrected chi connectivity index (χ3v) is 3.19. The molecule has 2 aromatic rings. The Bertz CT molecular complexity index is 540. The van der Waals surface area contributed by atoms with Crippen molar-refractivity contribution in [2.24, 2.45) is 5.92 Å². The summed E-state index contributed by atoms with van der Waals surface area (Å²) in [5.74, 6) is 2.04. The first-order valence-corrected chi connectivity index (χ1v) is 7.52. The highest BCUT2D eigenvalue weighted by atomic mass is 79.9. The smallest absolute Gasteiger partial charge is 0.219 e. The molecular formula is C16H19BrN2O. The van der Waals surface area contributed by atoms with Crippen molar-refractivity contribution < 1.29 is 4.74 Å². The normalized spacial score (nSPS) is 10.8. The minimum atomic E-state index is 0.607. The summed E-state index contributed by atoms with van der Waals surface area (Å²) >= 11 is 3.42. The van der Waals surface area contributed by atoms with E-state index in [4.69, 9.17) is 4.74 Å². The van der Waals surface area contributed by atoms with E-state index >= 15 is 0 Å². The molecule has 1 N–H and O–H groups in total. The Kier molecular flexibility index (Phi) is 5.56. The van der Waals surface area contributed by atoms with Gasteiger partial charge in [0.2, 0.25) is 5.88 Å². The molecule has 0 saturated heterocycles. The predicted octanol–water partition coefficient (Wildman–Crippen LogP) is 4.38. The lowest BCUT2D eigenvalue weighted by Crippen LogP contribution is -2.18. The van der Waals surface area contributed by atoms with E-state index in [1.165, 1.54) is 0 Å². The highest BCUT2D eigenvalue weighted by Crippen LogP contribution is 2.22. The first kappa shape index (κ1) is 15.0. The van der Waals surface area contributed by atoms with Gasteiger partial charge in [-0.3, -0.25) is 0 Å². The first-order valence-electron chi connectivity index (χ1n) is 6.72. The van der Waals surface area contributed by atoms with Crippen LogP contribution in [0.5, 0.6) is 11.6 Å². The maximum absolute atomic E-state index is 5.70. The summed E-state index contributed by atoms with van der Waals surface area (Å²) < 4.78 is 6.69. The minimum Gasteiger partial charge on any atom is -0.439 e. The number of pyridine rings is 1. The standard InChI is InChI=1S/C16H19BrN2O/c1-12(2)9-18-10-13-6-7-16(19-11-13)20-15-5-3-4-14(17)8-15/h3-8,11-12,18H,9-10H2,1-2H3. The molecule has 3 nitrogen and oxygen atoms in total. The lowest BCUT2D eigenvalue weighted by molar-refractivity contribution is 0.461. The molecule has 0 saturated carbocycles. The summed E-state index contributed by atoms with van der Waals surface area (Å²) in [6.07, 6.45) is 1.85. The van der Waals surface area contributed by atoms with Crippen molar-refractivity contribution in [2.45, 2.75) is 20.4 Å². The number of halogens is 1. The number of ether oxygens (including phenoxy) is 1. The average molecular weight is 335 g/mol. The summed E-state index contributed by atoms with van der Waals surface area (Å²) in [6, 6.07) is 11.7.